The lowest BCUT2D eigenvalue weighted by molar-refractivity contribution is 0.0965. The molecule has 0 unspecified atom stereocenters. The van der Waals surface area contributed by atoms with Crippen molar-refractivity contribution in [2.45, 2.75) is 26.1 Å². The summed E-state index contributed by atoms with van der Waals surface area (Å²) in [7, 11) is 0. The van der Waals surface area contributed by atoms with Crippen molar-refractivity contribution in [3.05, 3.63) is 75.6 Å². The molecule has 4 aromatic rings. The second-order valence-corrected chi connectivity index (χ2v) is 8.61. The number of nitrogens with one attached hydrogen (secondary N) is 1. The van der Waals surface area contributed by atoms with Crippen LogP contribution in [0, 0.1) is 5.92 Å². The molecule has 2 aliphatic rings. The first kappa shape index (κ1) is 20.4. The number of nitrogens with two attached hydrogens (primary N) is 1. The number of fused-ring (bicyclic) bond motifs is 2. The summed E-state index contributed by atoms with van der Waals surface area (Å²) in [5.74, 6) is 0.907. The van der Waals surface area contributed by atoms with Crippen LogP contribution in [0.1, 0.15) is 40.4 Å². The number of hydrogen-bond acceptors (Lipinski definition) is 8. The predicted molar refractivity (Wildman–Crippen MR) is 124 cm³/mol. The van der Waals surface area contributed by atoms with Crippen molar-refractivity contribution in [3.63, 3.8) is 0 Å². The van der Waals surface area contributed by atoms with E-state index in [1.165, 1.54) is 4.52 Å². The second kappa shape index (κ2) is 7.39. The fourth-order valence-electron chi connectivity index (χ4n) is 4.93. The Labute approximate surface area is 193 Å². The number of carbonyl (C=O) groups is 1. The average Bonchev–Trinajstić information content (AvgIpc) is 3.41. The molecule has 11 heteroatoms. The Morgan fingerprint density at radius 3 is 2.71 bits per heavy atom. The van der Waals surface area contributed by atoms with E-state index in [2.05, 4.69) is 22.2 Å². The molecule has 0 spiro atoms. The number of nitrogen functional groups attached to an aromatic ring is 1. The van der Waals surface area contributed by atoms with Crippen LogP contribution in [0.2, 0.25) is 0 Å². The first-order valence-corrected chi connectivity index (χ1v) is 11.0. The van der Waals surface area contributed by atoms with Crippen LogP contribution in [0.25, 0.3) is 11.2 Å². The molecule has 11 nitrogen and oxygen atoms in total. The highest BCUT2D eigenvalue weighted by atomic mass is 16.3. The summed E-state index contributed by atoms with van der Waals surface area (Å²) in [6.07, 6.45) is 1.67. The Balaban J connectivity index is 1.59. The zero-order chi connectivity index (χ0) is 23.6. The number of nitrogens with zero attached hydrogens (tertiary/aromatic N) is 6. The van der Waals surface area contributed by atoms with Crippen LogP contribution in [-0.4, -0.2) is 41.7 Å². The quantitative estimate of drug-likeness (QED) is 0.407. The number of benzene rings is 1. The molecule has 2 atom stereocenters. The minimum Gasteiger partial charge on any atom is -0.392 e. The Kier molecular flexibility index (Phi) is 4.42. The molecule has 0 aliphatic carbocycles. The smallest absolute Gasteiger partial charge is 0.282 e. The lowest BCUT2D eigenvalue weighted by Gasteiger charge is -2.47. The van der Waals surface area contributed by atoms with Gasteiger partial charge in [0.15, 0.2) is 5.82 Å². The van der Waals surface area contributed by atoms with Gasteiger partial charge in [0.05, 0.1) is 30.6 Å². The van der Waals surface area contributed by atoms with Gasteiger partial charge in [-0.15, -0.1) is 0 Å². The van der Waals surface area contributed by atoms with Gasteiger partial charge in [0.25, 0.3) is 11.5 Å². The number of amides is 1. The van der Waals surface area contributed by atoms with Gasteiger partial charge in [-0.2, -0.15) is 10.1 Å². The summed E-state index contributed by atoms with van der Waals surface area (Å²) in [4.78, 5) is 36.9. The largest absolute Gasteiger partial charge is 0.392 e. The molecule has 0 radical (unpaired) electrons. The van der Waals surface area contributed by atoms with Crippen molar-refractivity contribution in [2.75, 3.05) is 17.2 Å². The summed E-state index contributed by atoms with van der Waals surface area (Å²) >= 11 is 0. The molecule has 5 heterocycles. The molecule has 172 valence electrons. The van der Waals surface area contributed by atoms with E-state index in [-0.39, 0.29) is 36.0 Å². The maximum atomic E-state index is 13.7. The second-order valence-electron chi connectivity index (χ2n) is 8.61. The molecule has 1 amide bonds. The van der Waals surface area contributed by atoms with Crippen molar-refractivity contribution >= 4 is 23.2 Å². The highest BCUT2D eigenvalue weighted by Gasteiger charge is 2.44. The molecule has 6 rings (SSSR count). The maximum Gasteiger partial charge on any atom is 0.282 e. The number of anilines is 2. The Hall–Kier alpha value is -4.25. The van der Waals surface area contributed by atoms with Crippen LogP contribution >= 0.6 is 0 Å². The lowest BCUT2D eigenvalue weighted by atomic mass is 9.88. The number of para-hydroxylation sites is 1. The van der Waals surface area contributed by atoms with Gasteiger partial charge in [-0.1, -0.05) is 25.1 Å². The van der Waals surface area contributed by atoms with Crippen LogP contribution < -0.4 is 21.5 Å². The van der Waals surface area contributed by atoms with Gasteiger partial charge >= 0.3 is 0 Å². The topological polar surface area (TPSA) is 144 Å². The third-order valence-electron chi connectivity index (χ3n) is 6.50. The summed E-state index contributed by atoms with van der Waals surface area (Å²) in [5.41, 5.74) is 8.13. The Morgan fingerprint density at radius 2 is 1.97 bits per heavy atom. The molecule has 0 saturated carbocycles. The highest BCUT2D eigenvalue weighted by Crippen LogP contribution is 2.43. The Bertz CT molecular complexity index is 1510. The van der Waals surface area contributed by atoms with Gasteiger partial charge in [-0.25, -0.2) is 9.50 Å². The monoisotopic (exact) mass is 458 g/mol. The van der Waals surface area contributed by atoms with Gasteiger partial charge in [-0.05, 0) is 18.2 Å². The molecule has 34 heavy (non-hydrogen) atoms. The van der Waals surface area contributed by atoms with Crippen LogP contribution in [0.5, 0.6) is 0 Å². The number of carbonyl (C=O) groups excluding carboxylic acids is 1. The normalized spacial score (nSPS) is 19.2. The number of aliphatic hydroxyl groups is 1. The predicted octanol–water partition coefficient (Wildman–Crippen LogP) is 0.790. The van der Waals surface area contributed by atoms with Crippen molar-refractivity contribution in [2.24, 2.45) is 5.92 Å². The van der Waals surface area contributed by atoms with E-state index in [9.17, 15) is 14.7 Å². The molecular formula is C23H22N8O3. The lowest BCUT2D eigenvalue weighted by Crippen LogP contribution is -2.52. The number of aliphatic hydroxyl groups excluding tert-OH is 1. The third kappa shape index (κ3) is 2.83. The third-order valence-corrected chi connectivity index (χ3v) is 6.50. The first-order valence-electron chi connectivity index (χ1n) is 11.0. The summed E-state index contributed by atoms with van der Waals surface area (Å²) in [6, 6.07) is 10.6. The van der Waals surface area contributed by atoms with Crippen LogP contribution in [-0.2, 0) is 13.2 Å². The van der Waals surface area contributed by atoms with E-state index in [0.717, 1.165) is 0 Å². The molecule has 2 aliphatic heterocycles. The van der Waals surface area contributed by atoms with Gasteiger partial charge in [0.2, 0.25) is 5.95 Å². The average molecular weight is 458 g/mol. The molecular weight excluding hydrogens is 436 g/mol. The van der Waals surface area contributed by atoms with Crippen LogP contribution in [0.4, 0.5) is 11.8 Å². The summed E-state index contributed by atoms with van der Waals surface area (Å²) < 4.78 is 3.09. The van der Waals surface area contributed by atoms with Gasteiger partial charge in [0.1, 0.15) is 16.9 Å². The van der Waals surface area contributed by atoms with Crippen molar-refractivity contribution in [3.8, 4) is 5.69 Å². The highest BCUT2D eigenvalue weighted by molar-refractivity contribution is 6.02. The van der Waals surface area contributed by atoms with Gasteiger partial charge in [0, 0.05) is 24.2 Å². The molecule has 1 fully saturated rings. The number of hydrogen-bond donors (Lipinski definition) is 3. The van der Waals surface area contributed by atoms with Crippen molar-refractivity contribution in [1.82, 2.24) is 29.5 Å². The first-order chi connectivity index (χ1) is 16.5. The number of aromatic nitrogens is 5. The number of rotatable bonds is 4. The zero-order valence-electron chi connectivity index (χ0n) is 18.3. The molecule has 0 bridgehead atoms. The van der Waals surface area contributed by atoms with Gasteiger partial charge in [-0.3, -0.25) is 14.2 Å². The molecule has 1 aromatic carbocycles. The summed E-state index contributed by atoms with van der Waals surface area (Å²) in [5, 5.41) is 17.4. The van der Waals surface area contributed by atoms with E-state index in [4.69, 9.17) is 10.8 Å². The van der Waals surface area contributed by atoms with E-state index >= 15 is 0 Å². The van der Waals surface area contributed by atoms with Crippen molar-refractivity contribution in [1.29, 1.82) is 0 Å². The Morgan fingerprint density at radius 1 is 1.18 bits per heavy atom. The molecule has 4 N–H and O–H groups in total. The minimum absolute atomic E-state index is 0.0883. The summed E-state index contributed by atoms with van der Waals surface area (Å²) in [6.45, 7) is 2.70. The van der Waals surface area contributed by atoms with Crippen LogP contribution in [0.3, 0.4) is 0 Å². The SMILES string of the molecule is C[C@H]1CN(c2nc(N)nc3c2C(=O)NC3)[C@@H]1c1nn2ccc(CO)c2c(=O)n1-c1ccccc1. The molecule has 3 aromatic heterocycles. The van der Waals surface area contributed by atoms with E-state index < -0.39 is 0 Å². The van der Waals surface area contributed by atoms with E-state index in [1.807, 2.05) is 35.2 Å². The minimum atomic E-state index is -0.343. The zero-order valence-corrected chi connectivity index (χ0v) is 18.3. The standard InChI is InChI=1S/C23H22N8O3/c1-12-10-29(19-16-15(9-25-21(16)33)26-23(24)27-19)17(12)20-28-30-8-7-13(11-32)18(30)22(34)31(20)14-5-3-2-4-6-14/h2-8,12,17,32H,9-11H2,1H3,(H,25,33)(H2,24,26,27)/t12-,17-/m0/s1. The fourth-order valence-corrected chi connectivity index (χ4v) is 4.93. The molecule has 1 saturated heterocycles. The van der Waals surface area contributed by atoms with E-state index in [0.29, 0.717) is 52.8 Å². The van der Waals surface area contributed by atoms with Crippen LogP contribution in [0.15, 0.2) is 47.4 Å². The fraction of sp³-hybridized carbons (Fsp3) is 0.261. The van der Waals surface area contributed by atoms with E-state index in [1.54, 1.807) is 16.8 Å². The van der Waals surface area contributed by atoms with Crippen molar-refractivity contribution < 1.29 is 9.90 Å². The maximum absolute atomic E-state index is 13.7. The van der Waals surface area contributed by atoms with Gasteiger partial charge < -0.3 is 21.1 Å².